The van der Waals surface area contributed by atoms with Crippen molar-refractivity contribution in [1.29, 1.82) is 0 Å². The Hall–Kier alpha value is -1.66. The van der Waals surface area contributed by atoms with Crippen LogP contribution in [0, 0.1) is 0 Å². The average molecular weight is 311 g/mol. The molecular weight excluding hydrogens is 292 g/mol. The third-order valence-corrected chi connectivity index (χ3v) is 3.69. The highest BCUT2D eigenvalue weighted by atomic mass is 35.5. The van der Waals surface area contributed by atoms with Gasteiger partial charge in [-0.15, -0.1) is 0 Å². The molecule has 0 saturated carbocycles. The number of likely N-dealkylation sites (N-methyl/N-ethyl adjacent to an activating group) is 1. The van der Waals surface area contributed by atoms with Gasteiger partial charge in [-0.3, -0.25) is 14.5 Å². The van der Waals surface area contributed by atoms with Crippen molar-refractivity contribution in [3.05, 3.63) is 29.0 Å². The van der Waals surface area contributed by atoms with Gasteiger partial charge in [-0.2, -0.15) is 0 Å². The molecule has 1 aromatic rings. The van der Waals surface area contributed by atoms with Crippen molar-refractivity contribution in [2.75, 3.05) is 39.3 Å². The van der Waals surface area contributed by atoms with Gasteiger partial charge in [0, 0.05) is 38.9 Å². The largest absolute Gasteiger partial charge is 0.355 e. The number of nitrogens with one attached hydrogen (secondary N) is 1. The fourth-order valence-corrected chi connectivity index (χ4v) is 2.48. The molecule has 0 spiro atoms. The van der Waals surface area contributed by atoms with Gasteiger partial charge in [-0.05, 0) is 19.1 Å². The van der Waals surface area contributed by atoms with Crippen LogP contribution in [0.15, 0.2) is 18.3 Å². The molecule has 2 rings (SSSR count). The third kappa shape index (κ3) is 4.15. The number of carbonyl (C=O) groups excluding carboxylic acids is 2. The first-order valence-electron chi connectivity index (χ1n) is 7.00. The molecule has 2 amide bonds. The van der Waals surface area contributed by atoms with Crippen molar-refractivity contribution in [1.82, 2.24) is 20.1 Å². The van der Waals surface area contributed by atoms with Crippen molar-refractivity contribution in [3.8, 4) is 0 Å². The van der Waals surface area contributed by atoms with Gasteiger partial charge in [0.1, 0.15) is 5.15 Å². The van der Waals surface area contributed by atoms with Crippen LogP contribution in [0.3, 0.4) is 0 Å². The van der Waals surface area contributed by atoms with Gasteiger partial charge in [0.05, 0.1) is 12.1 Å². The van der Waals surface area contributed by atoms with Gasteiger partial charge in [0.2, 0.25) is 5.91 Å². The normalized spacial score (nSPS) is 15.8. The van der Waals surface area contributed by atoms with Crippen molar-refractivity contribution in [3.63, 3.8) is 0 Å². The van der Waals surface area contributed by atoms with E-state index in [0.29, 0.717) is 44.8 Å². The fourth-order valence-electron chi connectivity index (χ4n) is 2.28. The van der Waals surface area contributed by atoms with Crippen LogP contribution in [-0.2, 0) is 4.79 Å². The molecule has 1 fully saturated rings. The highest BCUT2D eigenvalue weighted by Gasteiger charge is 2.24. The summed E-state index contributed by atoms with van der Waals surface area (Å²) in [5.74, 6) is -0.0849. The van der Waals surface area contributed by atoms with Gasteiger partial charge >= 0.3 is 0 Å². The Morgan fingerprint density at radius 1 is 1.33 bits per heavy atom. The van der Waals surface area contributed by atoms with Crippen LogP contribution in [0.4, 0.5) is 0 Å². The predicted molar refractivity (Wildman–Crippen MR) is 80.3 cm³/mol. The molecule has 1 N–H and O–H groups in total. The second kappa shape index (κ2) is 7.38. The van der Waals surface area contributed by atoms with Crippen LogP contribution >= 0.6 is 11.6 Å². The molecule has 0 unspecified atom stereocenters. The number of amides is 2. The molecule has 1 saturated heterocycles. The molecule has 1 aliphatic heterocycles. The van der Waals surface area contributed by atoms with E-state index in [0.717, 1.165) is 0 Å². The molecule has 0 aromatic carbocycles. The summed E-state index contributed by atoms with van der Waals surface area (Å²) in [4.78, 5) is 31.6. The number of halogens is 1. The zero-order valence-electron chi connectivity index (χ0n) is 12.0. The molecule has 1 aromatic heterocycles. The zero-order chi connectivity index (χ0) is 15.2. The minimum Gasteiger partial charge on any atom is -0.355 e. The Bertz CT molecular complexity index is 515. The Kier molecular flexibility index (Phi) is 5.52. The first kappa shape index (κ1) is 15.7. The van der Waals surface area contributed by atoms with E-state index in [9.17, 15) is 9.59 Å². The van der Waals surface area contributed by atoms with E-state index in [1.54, 1.807) is 23.2 Å². The van der Waals surface area contributed by atoms with Crippen LogP contribution in [0.2, 0.25) is 5.15 Å². The number of pyridine rings is 1. The van der Waals surface area contributed by atoms with E-state index >= 15 is 0 Å². The summed E-state index contributed by atoms with van der Waals surface area (Å²) in [7, 11) is 0. The standard InChI is InChI=1S/C14H19ClN4O2/c1-2-16-12(20)10-18-6-8-19(9-7-18)14(21)11-4-3-5-17-13(11)15/h3-5H,2,6-10H2,1H3,(H,16,20). The number of rotatable bonds is 4. The van der Waals surface area contributed by atoms with Gasteiger partial charge < -0.3 is 10.2 Å². The minimum atomic E-state index is -0.106. The molecular formula is C14H19ClN4O2. The Morgan fingerprint density at radius 3 is 2.67 bits per heavy atom. The van der Waals surface area contributed by atoms with Gasteiger partial charge in [0.15, 0.2) is 0 Å². The van der Waals surface area contributed by atoms with E-state index in [-0.39, 0.29) is 17.0 Å². The number of hydrogen-bond donors (Lipinski definition) is 1. The Morgan fingerprint density at radius 2 is 2.05 bits per heavy atom. The summed E-state index contributed by atoms with van der Waals surface area (Å²) in [6.07, 6.45) is 1.56. The summed E-state index contributed by atoms with van der Waals surface area (Å²) in [5.41, 5.74) is 0.427. The lowest BCUT2D eigenvalue weighted by atomic mass is 10.2. The molecule has 0 bridgehead atoms. The highest BCUT2D eigenvalue weighted by Crippen LogP contribution is 2.15. The average Bonchev–Trinajstić information content (AvgIpc) is 2.48. The van der Waals surface area contributed by atoms with E-state index in [1.807, 2.05) is 11.8 Å². The SMILES string of the molecule is CCNC(=O)CN1CCN(C(=O)c2cccnc2Cl)CC1. The smallest absolute Gasteiger partial charge is 0.257 e. The molecule has 7 heteroatoms. The first-order chi connectivity index (χ1) is 10.1. The van der Waals surface area contributed by atoms with E-state index < -0.39 is 0 Å². The number of piperazine rings is 1. The summed E-state index contributed by atoms with van der Waals surface area (Å²) in [5, 5.41) is 3.00. The topological polar surface area (TPSA) is 65.5 Å². The maximum absolute atomic E-state index is 12.4. The maximum atomic E-state index is 12.4. The van der Waals surface area contributed by atoms with Crippen LogP contribution < -0.4 is 5.32 Å². The number of aromatic nitrogens is 1. The minimum absolute atomic E-state index is 0.0209. The summed E-state index contributed by atoms with van der Waals surface area (Å²) >= 11 is 5.95. The van der Waals surface area contributed by atoms with E-state index in [1.165, 1.54) is 0 Å². The highest BCUT2D eigenvalue weighted by molar-refractivity contribution is 6.32. The van der Waals surface area contributed by atoms with Gasteiger partial charge in [-0.1, -0.05) is 11.6 Å². The molecule has 0 aliphatic carbocycles. The number of nitrogens with zero attached hydrogens (tertiary/aromatic N) is 3. The molecule has 6 nitrogen and oxygen atoms in total. The van der Waals surface area contributed by atoms with Crippen molar-refractivity contribution in [2.45, 2.75) is 6.92 Å². The molecule has 1 aliphatic rings. The first-order valence-corrected chi connectivity index (χ1v) is 7.38. The van der Waals surface area contributed by atoms with Gasteiger partial charge in [0.25, 0.3) is 5.91 Å². The molecule has 0 radical (unpaired) electrons. The molecule has 0 atom stereocenters. The third-order valence-electron chi connectivity index (χ3n) is 3.39. The van der Waals surface area contributed by atoms with Crippen LogP contribution in [0.25, 0.3) is 0 Å². The van der Waals surface area contributed by atoms with E-state index in [4.69, 9.17) is 11.6 Å². The molecule has 21 heavy (non-hydrogen) atoms. The summed E-state index contributed by atoms with van der Waals surface area (Å²) in [6.45, 7) is 5.45. The lowest BCUT2D eigenvalue weighted by molar-refractivity contribution is -0.122. The second-order valence-corrected chi connectivity index (χ2v) is 5.22. The number of hydrogen-bond acceptors (Lipinski definition) is 4. The Balaban J connectivity index is 1.88. The quantitative estimate of drug-likeness (QED) is 0.829. The van der Waals surface area contributed by atoms with Crippen LogP contribution in [0.5, 0.6) is 0 Å². The molecule has 2 heterocycles. The second-order valence-electron chi connectivity index (χ2n) is 4.86. The summed E-state index contributed by atoms with van der Waals surface area (Å²) < 4.78 is 0. The summed E-state index contributed by atoms with van der Waals surface area (Å²) in [6, 6.07) is 3.38. The fraction of sp³-hybridized carbons (Fsp3) is 0.500. The molecule has 114 valence electrons. The van der Waals surface area contributed by atoms with Crippen molar-refractivity contribution < 1.29 is 9.59 Å². The van der Waals surface area contributed by atoms with Gasteiger partial charge in [-0.25, -0.2) is 4.98 Å². The van der Waals surface area contributed by atoms with E-state index in [2.05, 4.69) is 10.3 Å². The zero-order valence-corrected chi connectivity index (χ0v) is 12.8. The Labute approximate surface area is 129 Å². The number of carbonyl (C=O) groups is 2. The maximum Gasteiger partial charge on any atom is 0.257 e. The predicted octanol–water partition coefficient (Wildman–Crippen LogP) is 0.629. The van der Waals surface area contributed by atoms with Crippen molar-refractivity contribution in [2.24, 2.45) is 0 Å². The monoisotopic (exact) mass is 310 g/mol. The van der Waals surface area contributed by atoms with Crippen LogP contribution in [-0.4, -0.2) is 65.9 Å². The van der Waals surface area contributed by atoms with Crippen molar-refractivity contribution >= 4 is 23.4 Å². The lowest BCUT2D eigenvalue weighted by Crippen LogP contribution is -2.51. The van der Waals surface area contributed by atoms with Crippen LogP contribution in [0.1, 0.15) is 17.3 Å². The lowest BCUT2D eigenvalue weighted by Gasteiger charge is -2.34.